The molecule has 0 aliphatic heterocycles. The number of H-pyrrole nitrogens is 1. The normalized spacial score (nSPS) is 10.6. The van der Waals surface area contributed by atoms with E-state index in [9.17, 15) is 18.4 Å². The average molecular weight is 343 g/mol. The molecule has 25 heavy (non-hydrogen) atoms. The Kier molecular flexibility index (Phi) is 4.74. The van der Waals surface area contributed by atoms with E-state index in [1.165, 1.54) is 0 Å². The van der Waals surface area contributed by atoms with Crippen LogP contribution in [0.1, 0.15) is 5.56 Å². The van der Waals surface area contributed by atoms with Crippen molar-refractivity contribution < 1.29 is 18.4 Å². The maximum absolute atomic E-state index is 13.5. The molecule has 0 atom stereocenters. The second kappa shape index (κ2) is 7.12. The van der Waals surface area contributed by atoms with Crippen LogP contribution in [0.25, 0.3) is 10.9 Å². The van der Waals surface area contributed by atoms with E-state index in [1.54, 1.807) is 0 Å². The molecular formula is C18H15F2N3O2. The highest BCUT2D eigenvalue weighted by Gasteiger charge is 2.15. The molecular weight excluding hydrogens is 328 g/mol. The molecule has 5 nitrogen and oxygen atoms in total. The number of aromatic amines is 1. The van der Waals surface area contributed by atoms with Gasteiger partial charge in [0.15, 0.2) is 0 Å². The Bertz CT molecular complexity index is 937. The van der Waals surface area contributed by atoms with Crippen LogP contribution in [0.15, 0.2) is 48.7 Å². The van der Waals surface area contributed by atoms with Crippen LogP contribution in [0.5, 0.6) is 0 Å². The van der Waals surface area contributed by atoms with Gasteiger partial charge in [-0.3, -0.25) is 9.59 Å². The molecule has 0 aliphatic rings. The van der Waals surface area contributed by atoms with E-state index in [0.717, 1.165) is 28.6 Å². The van der Waals surface area contributed by atoms with Gasteiger partial charge in [-0.2, -0.15) is 0 Å². The maximum atomic E-state index is 13.5. The van der Waals surface area contributed by atoms with Gasteiger partial charge in [-0.15, -0.1) is 0 Å². The number of fused-ring (bicyclic) bond motifs is 1. The fourth-order valence-corrected chi connectivity index (χ4v) is 2.50. The smallest absolute Gasteiger partial charge is 0.313 e. The summed E-state index contributed by atoms with van der Waals surface area (Å²) in [6.45, 7) is 0.250. The molecule has 0 bridgehead atoms. The van der Waals surface area contributed by atoms with E-state index in [2.05, 4.69) is 15.6 Å². The minimum Gasteiger partial charge on any atom is -0.361 e. The van der Waals surface area contributed by atoms with E-state index >= 15 is 0 Å². The first-order valence-electron chi connectivity index (χ1n) is 7.64. The van der Waals surface area contributed by atoms with Crippen molar-refractivity contribution in [2.75, 3.05) is 11.9 Å². The number of aromatic nitrogens is 1. The molecule has 0 spiro atoms. The Hall–Kier alpha value is -3.22. The van der Waals surface area contributed by atoms with E-state index in [0.29, 0.717) is 12.5 Å². The summed E-state index contributed by atoms with van der Waals surface area (Å²) in [7, 11) is 0. The third-order valence-electron chi connectivity index (χ3n) is 3.74. The van der Waals surface area contributed by atoms with Gasteiger partial charge in [0.25, 0.3) is 0 Å². The monoisotopic (exact) mass is 343 g/mol. The standard InChI is InChI=1S/C18H15F2N3O2/c19-12-5-6-16(14(20)9-12)23-18(25)17(24)21-8-7-11-10-22-15-4-2-1-3-13(11)15/h1-6,9-10,22H,7-8H2,(H,21,24)(H,23,25). The van der Waals surface area contributed by atoms with Gasteiger partial charge in [-0.25, -0.2) is 8.78 Å². The number of hydrogen-bond donors (Lipinski definition) is 3. The molecule has 1 aromatic heterocycles. The summed E-state index contributed by atoms with van der Waals surface area (Å²) in [5.74, 6) is -3.60. The zero-order valence-electron chi connectivity index (χ0n) is 13.1. The topological polar surface area (TPSA) is 74.0 Å². The fourth-order valence-electron chi connectivity index (χ4n) is 2.50. The summed E-state index contributed by atoms with van der Waals surface area (Å²) in [6, 6.07) is 10.4. The largest absolute Gasteiger partial charge is 0.361 e. The Morgan fingerprint density at radius 3 is 2.64 bits per heavy atom. The number of nitrogens with one attached hydrogen (secondary N) is 3. The third-order valence-corrected chi connectivity index (χ3v) is 3.74. The lowest BCUT2D eigenvalue weighted by molar-refractivity contribution is -0.136. The average Bonchev–Trinajstić information content (AvgIpc) is 3.00. The Labute approximate surface area is 142 Å². The van der Waals surface area contributed by atoms with Crippen LogP contribution in [0.4, 0.5) is 14.5 Å². The molecule has 3 aromatic rings. The maximum Gasteiger partial charge on any atom is 0.313 e. The summed E-state index contributed by atoms with van der Waals surface area (Å²) < 4.78 is 26.3. The third kappa shape index (κ3) is 3.82. The number of para-hydroxylation sites is 1. The second-order valence-corrected chi connectivity index (χ2v) is 5.44. The van der Waals surface area contributed by atoms with Crippen molar-refractivity contribution >= 4 is 28.4 Å². The van der Waals surface area contributed by atoms with E-state index in [4.69, 9.17) is 0 Å². The number of hydrogen-bond acceptors (Lipinski definition) is 2. The Morgan fingerprint density at radius 2 is 1.84 bits per heavy atom. The van der Waals surface area contributed by atoms with Gasteiger partial charge >= 0.3 is 11.8 Å². The number of rotatable bonds is 4. The van der Waals surface area contributed by atoms with Gasteiger partial charge in [0.05, 0.1) is 5.69 Å². The molecule has 0 saturated carbocycles. The van der Waals surface area contributed by atoms with Crippen molar-refractivity contribution in [3.05, 3.63) is 65.9 Å². The number of amides is 2. The molecule has 0 radical (unpaired) electrons. The molecule has 3 N–H and O–H groups in total. The summed E-state index contributed by atoms with van der Waals surface area (Å²) in [6.07, 6.45) is 2.39. The Balaban J connectivity index is 1.54. The van der Waals surface area contributed by atoms with Crippen molar-refractivity contribution in [2.24, 2.45) is 0 Å². The van der Waals surface area contributed by atoms with Crippen LogP contribution in [0.2, 0.25) is 0 Å². The lowest BCUT2D eigenvalue weighted by atomic mass is 10.1. The number of halogens is 2. The minimum atomic E-state index is -1.01. The molecule has 2 amide bonds. The molecule has 0 aliphatic carbocycles. The van der Waals surface area contributed by atoms with Gasteiger partial charge in [0, 0.05) is 29.7 Å². The predicted molar refractivity (Wildman–Crippen MR) is 90.0 cm³/mol. The van der Waals surface area contributed by atoms with Crippen molar-refractivity contribution in [2.45, 2.75) is 6.42 Å². The number of carbonyl (C=O) groups is 2. The molecule has 7 heteroatoms. The molecule has 0 saturated heterocycles. The van der Waals surface area contributed by atoms with Crippen LogP contribution in [0.3, 0.4) is 0 Å². The lowest BCUT2D eigenvalue weighted by Gasteiger charge is -2.07. The van der Waals surface area contributed by atoms with Crippen molar-refractivity contribution in [1.82, 2.24) is 10.3 Å². The van der Waals surface area contributed by atoms with E-state index in [-0.39, 0.29) is 12.2 Å². The van der Waals surface area contributed by atoms with Crippen molar-refractivity contribution in [3.63, 3.8) is 0 Å². The van der Waals surface area contributed by atoms with Crippen LogP contribution in [-0.2, 0) is 16.0 Å². The molecule has 2 aromatic carbocycles. The van der Waals surface area contributed by atoms with Crippen molar-refractivity contribution in [1.29, 1.82) is 0 Å². The summed E-state index contributed by atoms with van der Waals surface area (Å²) >= 11 is 0. The highest BCUT2D eigenvalue weighted by Crippen LogP contribution is 2.17. The first kappa shape index (κ1) is 16.6. The van der Waals surface area contributed by atoms with Gasteiger partial charge in [-0.05, 0) is 30.2 Å². The summed E-state index contributed by atoms with van der Waals surface area (Å²) in [5.41, 5.74) is 1.76. The fraction of sp³-hybridized carbons (Fsp3) is 0.111. The van der Waals surface area contributed by atoms with E-state index in [1.807, 2.05) is 30.5 Å². The molecule has 0 unspecified atom stereocenters. The molecule has 0 fully saturated rings. The number of anilines is 1. The quantitative estimate of drug-likeness (QED) is 0.637. The molecule has 3 rings (SSSR count). The first-order chi connectivity index (χ1) is 12.0. The minimum absolute atomic E-state index is 0.250. The zero-order chi connectivity index (χ0) is 17.8. The highest BCUT2D eigenvalue weighted by atomic mass is 19.1. The summed E-state index contributed by atoms with van der Waals surface area (Å²) in [5, 5.41) is 5.64. The van der Waals surface area contributed by atoms with Gasteiger partial charge in [-0.1, -0.05) is 18.2 Å². The van der Waals surface area contributed by atoms with Crippen molar-refractivity contribution in [3.8, 4) is 0 Å². The van der Waals surface area contributed by atoms with Gasteiger partial charge in [0.2, 0.25) is 0 Å². The van der Waals surface area contributed by atoms with Crippen LogP contribution >= 0.6 is 0 Å². The number of benzene rings is 2. The van der Waals surface area contributed by atoms with Gasteiger partial charge in [0.1, 0.15) is 11.6 Å². The first-order valence-corrected chi connectivity index (χ1v) is 7.64. The molecule has 1 heterocycles. The number of carbonyl (C=O) groups excluding carboxylic acids is 2. The second-order valence-electron chi connectivity index (χ2n) is 5.44. The van der Waals surface area contributed by atoms with Gasteiger partial charge < -0.3 is 15.6 Å². The van der Waals surface area contributed by atoms with Crippen LogP contribution in [-0.4, -0.2) is 23.3 Å². The van der Waals surface area contributed by atoms with Crippen LogP contribution < -0.4 is 10.6 Å². The lowest BCUT2D eigenvalue weighted by Crippen LogP contribution is -2.36. The Morgan fingerprint density at radius 1 is 1.04 bits per heavy atom. The highest BCUT2D eigenvalue weighted by molar-refractivity contribution is 6.39. The van der Waals surface area contributed by atoms with E-state index < -0.39 is 23.4 Å². The summed E-state index contributed by atoms with van der Waals surface area (Å²) in [4.78, 5) is 26.7. The predicted octanol–water partition coefficient (Wildman–Crippen LogP) is 2.74. The zero-order valence-corrected chi connectivity index (χ0v) is 13.1. The van der Waals surface area contributed by atoms with Crippen LogP contribution in [0, 0.1) is 11.6 Å². The molecule has 128 valence electrons. The SMILES string of the molecule is O=C(NCCc1c[nH]c2ccccc12)C(=O)Nc1ccc(F)cc1F.